The molecule has 0 spiro atoms. The van der Waals surface area contributed by atoms with Crippen LogP contribution in [-0.4, -0.2) is 23.7 Å². The predicted molar refractivity (Wildman–Crippen MR) is 70.2 cm³/mol. The van der Waals surface area contributed by atoms with Gasteiger partial charge in [-0.25, -0.2) is 13.4 Å². The number of nitrogens with one attached hydrogen (secondary N) is 1. The zero-order chi connectivity index (χ0) is 14.8. The molecule has 0 bridgehead atoms. The van der Waals surface area contributed by atoms with Crippen molar-refractivity contribution >= 4 is 15.5 Å². The van der Waals surface area contributed by atoms with E-state index in [-0.39, 0.29) is 12.2 Å². The van der Waals surface area contributed by atoms with Gasteiger partial charge in [-0.15, -0.1) is 0 Å². The van der Waals surface area contributed by atoms with Gasteiger partial charge in [0.15, 0.2) is 0 Å². The van der Waals surface area contributed by atoms with Crippen molar-refractivity contribution < 1.29 is 17.2 Å². The SMILES string of the molecule is Cn1cncc1CNc1ccccc1S(=O)(=O)C(F)F. The van der Waals surface area contributed by atoms with E-state index in [2.05, 4.69) is 10.3 Å². The molecule has 0 saturated carbocycles. The number of para-hydroxylation sites is 1. The minimum atomic E-state index is -4.63. The molecule has 0 radical (unpaired) electrons. The van der Waals surface area contributed by atoms with Crippen molar-refractivity contribution in [2.24, 2.45) is 7.05 Å². The van der Waals surface area contributed by atoms with Gasteiger partial charge in [-0.1, -0.05) is 12.1 Å². The van der Waals surface area contributed by atoms with Crippen molar-refractivity contribution in [1.29, 1.82) is 0 Å². The van der Waals surface area contributed by atoms with Crippen molar-refractivity contribution in [3.8, 4) is 0 Å². The minimum Gasteiger partial charge on any atom is -0.378 e. The lowest BCUT2D eigenvalue weighted by molar-refractivity contribution is 0.235. The van der Waals surface area contributed by atoms with Crippen molar-refractivity contribution in [2.45, 2.75) is 17.2 Å². The zero-order valence-electron chi connectivity index (χ0n) is 10.6. The lowest BCUT2D eigenvalue weighted by atomic mass is 10.3. The Bertz CT molecular complexity index is 698. The Kier molecular flexibility index (Phi) is 4.03. The Morgan fingerprint density at radius 1 is 1.35 bits per heavy atom. The van der Waals surface area contributed by atoms with Gasteiger partial charge in [0.05, 0.1) is 29.1 Å². The fraction of sp³-hybridized carbons (Fsp3) is 0.250. The number of sulfone groups is 1. The normalized spacial score (nSPS) is 11.8. The Hall–Kier alpha value is -1.96. The van der Waals surface area contributed by atoms with E-state index in [0.29, 0.717) is 0 Å². The summed E-state index contributed by atoms with van der Waals surface area (Å²) in [5.41, 5.74) is 0.947. The first-order chi connectivity index (χ1) is 9.43. The van der Waals surface area contributed by atoms with Gasteiger partial charge in [0.1, 0.15) is 0 Å². The van der Waals surface area contributed by atoms with Crippen LogP contribution in [0.2, 0.25) is 0 Å². The maximum absolute atomic E-state index is 12.6. The summed E-state index contributed by atoms with van der Waals surface area (Å²) in [6.07, 6.45) is 3.20. The number of benzene rings is 1. The number of imidazole rings is 1. The molecule has 1 aromatic heterocycles. The third-order valence-electron chi connectivity index (χ3n) is 2.80. The van der Waals surface area contributed by atoms with Crippen LogP contribution in [-0.2, 0) is 23.4 Å². The lowest BCUT2D eigenvalue weighted by Crippen LogP contribution is -2.14. The lowest BCUT2D eigenvalue weighted by Gasteiger charge is -2.12. The van der Waals surface area contributed by atoms with Crippen LogP contribution in [0.3, 0.4) is 0 Å². The predicted octanol–water partition coefficient (Wildman–Crippen LogP) is 2.03. The summed E-state index contributed by atoms with van der Waals surface area (Å²) in [5, 5.41) is 2.84. The summed E-state index contributed by atoms with van der Waals surface area (Å²) in [7, 11) is -2.84. The van der Waals surface area contributed by atoms with E-state index < -0.39 is 20.5 Å². The molecule has 5 nitrogen and oxygen atoms in total. The van der Waals surface area contributed by atoms with Crippen LogP contribution >= 0.6 is 0 Å². The van der Waals surface area contributed by atoms with Crippen LogP contribution < -0.4 is 5.32 Å². The highest BCUT2D eigenvalue weighted by Crippen LogP contribution is 2.26. The maximum Gasteiger partial charge on any atom is 0.341 e. The molecule has 0 fully saturated rings. The van der Waals surface area contributed by atoms with Crippen LogP contribution in [0.15, 0.2) is 41.7 Å². The number of rotatable bonds is 5. The highest BCUT2D eigenvalue weighted by molar-refractivity contribution is 7.91. The molecule has 1 aromatic carbocycles. The zero-order valence-corrected chi connectivity index (χ0v) is 11.4. The van der Waals surface area contributed by atoms with Crippen LogP contribution in [0.25, 0.3) is 0 Å². The maximum atomic E-state index is 12.6. The van der Waals surface area contributed by atoms with E-state index in [1.54, 1.807) is 30.2 Å². The van der Waals surface area contributed by atoms with Gasteiger partial charge < -0.3 is 9.88 Å². The second-order valence-electron chi connectivity index (χ2n) is 4.15. The standard InChI is InChI=1S/C12H13F2N3O2S/c1-17-8-15-6-9(17)7-16-10-4-2-3-5-11(10)20(18,19)12(13)14/h2-6,8,12,16H,7H2,1H3. The van der Waals surface area contributed by atoms with Crippen molar-refractivity contribution in [3.63, 3.8) is 0 Å². The van der Waals surface area contributed by atoms with E-state index >= 15 is 0 Å². The van der Waals surface area contributed by atoms with Gasteiger partial charge in [-0.2, -0.15) is 8.78 Å². The first-order valence-corrected chi connectivity index (χ1v) is 7.27. The molecule has 1 heterocycles. The quantitative estimate of drug-likeness (QED) is 0.918. The van der Waals surface area contributed by atoms with Crippen molar-refractivity contribution in [3.05, 3.63) is 42.5 Å². The number of nitrogens with zero attached hydrogens (tertiary/aromatic N) is 2. The average molecular weight is 301 g/mol. The highest BCUT2D eigenvalue weighted by Gasteiger charge is 2.28. The molecule has 0 aliphatic heterocycles. The smallest absolute Gasteiger partial charge is 0.341 e. The third-order valence-corrected chi connectivity index (χ3v) is 4.24. The molecule has 20 heavy (non-hydrogen) atoms. The van der Waals surface area contributed by atoms with Crippen molar-refractivity contribution in [2.75, 3.05) is 5.32 Å². The van der Waals surface area contributed by atoms with E-state index in [4.69, 9.17) is 0 Å². The van der Waals surface area contributed by atoms with Gasteiger partial charge in [0, 0.05) is 13.2 Å². The number of anilines is 1. The molecule has 0 saturated heterocycles. The minimum absolute atomic E-state index is 0.147. The fourth-order valence-electron chi connectivity index (χ4n) is 1.70. The summed E-state index contributed by atoms with van der Waals surface area (Å²) >= 11 is 0. The number of aryl methyl sites for hydroxylation is 1. The van der Waals surface area contributed by atoms with Gasteiger partial charge in [-0.3, -0.25) is 0 Å². The molecule has 2 rings (SSSR count). The van der Waals surface area contributed by atoms with E-state index in [9.17, 15) is 17.2 Å². The fourth-order valence-corrected chi connectivity index (χ4v) is 2.60. The average Bonchev–Trinajstić information content (AvgIpc) is 2.82. The molecule has 0 aliphatic carbocycles. The van der Waals surface area contributed by atoms with Crippen molar-refractivity contribution in [1.82, 2.24) is 9.55 Å². The molecule has 1 N–H and O–H groups in total. The molecule has 108 valence electrons. The van der Waals surface area contributed by atoms with Gasteiger partial charge >= 0.3 is 5.76 Å². The molecule has 0 aliphatic rings. The van der Waals surface area contributed by atoms with Gasteiger partial charge in [0.2, 0.25) is 9.84 Å². The second-order valence-corrected chi connectivity index (χ2v) is 6.04. The number of hydrogen-bond donors (Lipinski definition) is 1. The number of aromatic nitrogens is 2. The van der Waals surface area contributed by atoms with Crippen LogP contribution in [0.5, 0.6) is 0 Å². The monoisotopic (exact) mass is 301 g/mol. The largest absolute Gasteiger partial charge is 0.378 e. The third kappa shape index (κ3) is 2.79. The molecular weight excluding hydrogens is 288 g/mol. The van der Waals surface area contributed by atoms with E-state index in [1.165, 1.54) is 12.1 Å². The first kappa shape index (κ1) is 14.4. The summed E-state index contributed by atoms with van der Waals surface area (Å²) in [4.78, 5) is 3.51. The summed E-state index contributed by atoms with van der Waals surface area (Å²) in [6.45, 7) is 0.284. The van der Waals surface area contributed by atoms with Gasteiger partial charge in [-0.05, 0) is 12.1 Å². The van der Waals surface area contributed by atoms with Crippen LogP contribution in [0, 0.1) is 0 Å². The van der Waals surface area contributed by atoms with Crippen LogP contribution in [0.4, 0.5) is 14.5 Å². The highest BCUT2D eigenvalue weighted by atomic mass is 32.2. The number of halogens is 2. The van der Waals surface area contributed by atoms with E-state index in [1.807, 2.05) is 0 Å². The summed E-state index contributed by atoms with van der Waals surface area (Å²) < 4.78 is 50.1. The van der Waals surface area contributed by atoms with Gasteiger partial charge in [0.25, 0.3) is 0 Å². The first-order valence-electron chi connectivity index (χ1n) is 5.73. The Morgan fingerprint density at radius 3 is 2.65 bits per heavy atom. The molecule has 8 heteroatoms. The van der Waals surface area contributed by atoms with E-state index in [0.717, 1.165) is 11.8 Å². The molecule has 2 aromatic rings. The Labute approximate surface area is 115 Å². The summed E-state index contributed by atoms with van der Waals surface area (Å²) in [6, 6.07) is 5.60. The van der Waals surface area contributed by atoms with Crippen LogP contribution in [0.1, 0.15) is 5.69 Å². The number of alkyl halides is 2. The Morgan fingerprint density at radius 2 is 2.05 bits per heavy atom. The number of hydrogen-bond acceptors (Lipinski definition) is 4. The molecule has 0 unspecified atom stereocenters. The topological polar surface area (TPSA) is 64.0 Å². The Balaban J connectivity index is 2.28. The molecule has 0 amide bonds. The second kappa shape index (κ2) is 5.58. The molecular formula is C12H13F2N3O2S. The molecule has 0 atom stereocenters. The summed E-state index contributed by atoms with van der Waals surface area (Å²) in [5.74, 6) is -3.44.